The monoisotopic (exact) mass is 407 g/mol. The second-order valence-corrected chi connectivity index (χ2v) is 7.57. The molecule has 0 spiro atoms. The first kappa shape index (κ1) is 19.9. The Labute approximate surface area is 175 Å². The van der Waals surface area contributed by atoms with Crippen molar-refractivity contribution in [3.63, 3.8) is 0 Å². The van der Waals surface area contributed by atoms with E-state index in [0.717, 1.165) is 0 Å². The molecule has 0 bridgehead atoms. The molecule has 2 heterocycles. The first-order chi connectivity index (χ1) is 14.6. The van der Waals surface area contributed by atoms with Crippen molar-refractivity contribution in [3.05, 3.63) is 59.9 Å². The molecule has 1 fully saturated rings. The predicted octanol–water partition coefficient (Wildman–Crippen LogP) is 3.87. The highest BCUT2D eigenvalue weighted by molar-refractivity contribution is 5.79. The molecule has 0 N–H and O–H groups in total. The maximum Gasteiger partial charge on any atom is 0.258 e. The van der Waals surface area contributed by atoms with Gasteiger partial charge in [0.05, 0.1) is 14.2 Å². The van der Waals surface area contributed by atoms with E-state index in [4.69, 9.17) is 14.0 Å². The number of hydrogen-bond donors (Lipinski definition) is 0. The number of benzene rings is 2. The summed E-state index contributed by atoms with van der Waals surface area (Å²) in [6, 6.07) is 15.6. The fraction of sp³-hybridized carbons (Fsp3) is 0.348. The largest absolute Gasteiger partial charge is 0.497 e. The molecule has 1 aliphatic rings. The number of amides is 1. The minimum Gasteiger partial charge on any atom is -0.497 e. The number of ether oxygens (including phenoxy) is 2. The van der Waals surface area contributed by atoms with Crippen LogP contribution in [0.25, 0.3) is 11.5 Å². The van der Waals surface area contributed by atoms with Crippen LogP contribution in [-0.4, -0.2) is 48.3 Å². The first-order valence-electron chi connectivity index (χ1n) is 9.97. The summed E-state index contributed by atoms with van der Waals surface area (Å²) < 4.78 is 16.1. The third kappa shape index (κ3) is 4.15. The molecule has 0 radical (unpaired) electrons. The van der Waals surface area contributed by atoms with Crippen LogP contribution in [0.5, 0.6) is 11.5 Å². The number of rotatable bonds is 7. The second-order valence-electron chi connectivity index (χ2n) is 7.57. The average Bonchev–Trinajstić information content (AvgIpc) is 3.41. The van der Waals surface area contributed by atoms with Crippen LogP contribution in [0, 0.1) is 0 Å². The third-order valence-electron chi connectivity index (χ3n) is 5.48. The van der Waals surface area contributed by atoms with E-state index in [2.05, 4.69) is 29.2 Å². The van der Waals surface area contributed by atoms with Gasteiger partial charge in [0.1, 0.15) is 11.5 Å². The Balaban J connectivity index is 1.47. The van der Waals surface area contributed by atoms with Crippen molar-refractivity contribution < 1.29 is 18.8 Å². The van der Waals surface area contributed by atoms with Crippen molar-refractivity contribution in [3.8, 4) is 23.0 Å². The fourth-order valence-electron chi connectivity index (χ4n) is 3.79. The fourth-order valence-corrected chi connectivity index (χ4v) is 3.79. The molecule has 0 aliphatic carbocycles. The maximum atomic E-state index is 12.6. The molecular weight excluding hydrogens is 382 g/mol. The van der Waals surface area contributed by atoms with Crippen LogP contribution in [0.3, 0.4) is 0 Å². The Morgan fingerprint density at radius 1 is 1.13 bits per heavy atom. The quantitative estimate of drug-likeness (QED) is 0.592. The van der Waals surface area contributed by atoms with E-state index in [9.17, 15) is 4.79 Å². The first-order valence-corrected chi connectivity index (χ1v) is 9.97. The minimum atomic E-state index is -0.0783. The van der Waals surface area contributed by atoms with E-state index < -0.39 is 0 Å². The van der Waals surface area contributed by atoms with E-state index in [0.29, 0.717) is 48.3 Å². The highest BCUT2D eigenvalue weighted by atomic mass is 16.5. The lowest BCUT2D eigenvalue weighted by Crippen LogP contribution is -2.29. The molecule has 3 aromatic rings. The van der Waals surface area contributed by atoms with Gasteiger partial charge in [0.2, 0.25) is 5.91 Å². The maximum absolute atomic E-state index is 12.6. The summed E-state index contributed by atoms with van der Waals surface area (Å²) in [7, 11) is 3.18. The van der Waals surface area contributed by atoms with Gasteiger partial charge in [0, 0.05) is 37.1 Å². The summed E-state index contributed by atoms with van der Waals surface area (Å²) in [5.41, 5.74) is 1.94. The SMILES string of the molecule is COc1cc(OC)cc(-c2nc(C3CC(=O)N(CC(C)c4ccccc4)C3)no2)c1. The minimum absolute atomic E-state index is 0.0783. The zero-order chi connectivity index (χ0) is 21.1. The van der Waals surface area contributed by atoms with Crippen LogP contribution in [0.15, 0.2) is 53.1 Å². The summed E-state index contributed by atoms with van der Waals surface area (Å²) in [6.45, 7) is 3.41. The molecule has 1 saturated heterocycles. The summed E-state index contributed by atoms with van der Waals surface area (Å²) in [4.78, 5) is 19.0. The highest BCUT2D eigenvalue weighted by Gasteiger charge is 2.34. The van der Waals surface area contributed by atoms with Crippen LogP contribution in [-0.2, 0) is 4.79 Å². The Morgan fingerprint density at radius 2 is 1.83 bits per heavy atom. The molecule has 0 saturated carbocycles. The lowest BCUT2D eigenvalue weighted by atomic mass is 10.0. The zero-order valence-electron chi connectivity index (χ0n) is 17.4. The van der Waals surface area contributed by atoms with Crippen LogP contribution in [0.2, 0.25) is 0 Å². The number of aromatic nitrogens is 2. The molecular formula is C23H25N3O4. The molecule has 1 aliphatic heterocycles. The summed E-state index contributed by atoms with van der Waals surface area (Å²) in [6.07, 6.45) is 0.391. The van der Waals surface area contributed by atoms with Crippen molar-refractivity contribution in [2.24, 2.45) is 0 Å². The average molecular weight is 407 g/mol. The van der Waals surface area contributed by atoms with Crippen LogP contribution >= 0.6 is 0 Å². The van der Waals surface area contributed by atoms with Gasteiger partial charge in [-0.15, -0.1) is 0 Å². The normalized spacial score (nSPS) is 17.2. The van der Waals surface area contributed by atoms with Gasteiger partial charge < -0.3 is 18.9 Å². The summed E-state index contributed by atoms with van der Waals surface area (Å²) >= 11 is 0. The van der Waals surface area contributed by atoms with Crippen molar-refractivity contribution in [1.29, 1.82) is 0 Å². The Hall–Kier alpha value is -3.35. The Kier molecular flexibility index (Phi) is 5.70. The number of hydrogen-bond acceptors (Lipinski definition) is 6. The standard InChI is InChI=1S/C23H25N3O4/c1-15(16-7-5-4-6-8-16)13-26-14-18(11-21(26)27)22-24-23(30-25-22)17-9-19(28-2)12-20(10-17)29-3/h4-10,12,15,18H,11,13-14H2,1-3H3. The Morgan fingerprint density at radius 3 is 2.50 bits per heavy atom. The topological polar surface area (TPSA) is 77.7 Å². The lowest BCUT2D eigenvalue weighted by molar-refractivity contribution is -0.127. The van der Waals surface area contributed by atoms with Gasteiger partial charge in [0.15, 0.2) is 5.82 Å². The van der Waals surface area contributed by atoms with E-state index >= 15 is 0 Å². The third-order valence-corrected chi connectivity index (χ3v) is 5.48. The van der Waals surface area contributed by atoms with Gasteiger partial charge in [-0.05, 0) is 23.6 Å². The van der Waals surface area contributed by atoms with Gasteiger partial charge in [-0.1, -0.05) is 42.4 Å². The number of carbonyl (C=O) groups is 1. The number of nitrogens with zero attached hydrogens (tertiary/aromatic N) is 3. The summed E-state index contributed by atoms with van der Waals surface area (Å²) in [5, 5.41) is 4.15. The van der Waals surface area contributed by atoms with E-state index in [1.54, 1.807) is 20.3 Å². The molecule has 4 rings (SSSR count). The molecule has 2 atom stereocenters. The predicted molar refractivity (Wildman–Crippen MR) is 112 cm³/mol. The molecule has 1 amide bonds. The number of carbonyl (C=O) groups excluding carboxylic acids is 1. The van der Waals surface area contributed by atoms with Crippen molar-refractivity contribution in [2.75, 3.05) is 27.3 Å². The number of methoxy groups -OCH3 is 2. The van der Waals surface area contributed by atoms with Crippen molar-refractivity contribution >= 4 is 5.91 Å². The molecule has 2 aromatic carbocycles. The van der Waals surface area contributed by atoms with E-state index in [1.807, 2.05) is 35.2 Å². The van der Waals surface area contributed by atoms with Crippen molar-refractivity contribution in [1.82, 2.24) is 15.0 Å². The smallest absolute Gasteiger partial charge is 0.258 e. The van der Waals surface area contributed by atoms with Crippen LogP contribution in [0.1, 0.15) is 36.6 Å². The molecule has 7 nitrogen and oxygen atoms in total. The van der Waals surface area contributed by atoms with Gasteiger partial charge in [-0.3, -0.25) is 4.79 Å². The molecule has 156 valence electrons. The van der Waals surface area contributed by atoms with Gasteiger partial charge in [0.25, 0.3) is 5.89 Å². The zero-order valence-corrected chi connectivity index (χ0v) is 17.4. The molecule has 2 unspecified atom stereocenters. The van der Waals surface area contributed by atoms with Gasteiger partial charge in [-0.2, -0.15) is 4.98 Å². The highest BCUT2D eigenvalue weighted by Crippen LogP contribution is 2.32. The van der Waals surface area contributed by atoms with Crippen molar-refractivity contribution in [2.45, 2.75) is 25.2 Å². The number of likely N-dealkylation sites (tertiary alicyclic amines) is 1. The van der Waals surface area contributed by atoms with Crippen LogP contribution < -0.4 is 9.47 Å². The lowest BCUT2D eigenvalue weighted by Gasteiger charge is -2.21. The molecule has 30 heavy (non-hydrogen) atoms. The molecule has 1 aromatic heterocycles. The van der Waals surface area contributed by atoms with Crippen LogP contribution in [0.4, 0.5) is 0 Å². The Bertz CT molecular complexity index is 996. The van der Waals surface area contributed by atoms with E-state index in [1.165, 1.54) is 5.56 Å². The second kappa shape index (κ2) is 8.57. The van der Waals surface area contributed by atoms with Gasteiger partial charge >= 0.3 is 0 Å². The summed E-state index contributed by atoms with van der Waals surface area (Å²) in [5.74, 6) is 2.52. The van der Waals surface area contributed by atoms with E-state index in [-0.39, 0.29) is 17.7 Å². The van der Waals surface area contributed by atoms with Gasteiger partial charge in [-0.25, -0.2) is 0 Å². The molecule has 7 heteroatoms.